The van der Waals surface area contributed by atoms with Gasteiger partial charge in [0, 0.05) is 34.5 Å². The third-order valence-electron chi connectivity index (χ3n) is 5.31. The third-order valence-corrected chi connectivity index (χ3v) is 6.03. The van der Waals surface area contributed by atoms with Crippen LogP contribution in [0.3, 0.4) is 0 Å². The molecule has 1 atom stereocenters. The van der Waals surface area contributed by atoms with Gasteiger partial charge in [-0.05, 0) is 43.0 Å². The van der Waals surface area contributed by atoms with Crippen molar-refractivity contribution in [2.45, 2.75) is 38.5 Å². The van der Waals surface area contributed by atoms with E-state index >= 15 is 0 Å². The molecule has 0 spiro atoms. The van der Waals surface area contributed by atoms with E-state index in [-0.39, 0.29) is 17.6 Å². The van der Waals surface area contributed by atoms with Crippen LogP contribution >= 0.6 is 15.9 Å². The fourth-order valence-electron chi connectivity index (χ4n) is 4.11. The summed E-state index contributed by atoms with van der Waals surface area (Å²) in [6.45, 7) is 2.01. The Bertz CT molecular complexity index is 931. The molecule has 0 bridgehead atoms. The van der Waals surface area contributed by atoms with Crippen LogP contribution in [0, 0.1) is 6.92 Å². The van der Waals surface area contributed by atoms with Gasteiger partial charge in [0.15, 0.2) is 5.78 Å². The number of carbonyl (C=O) groups excluding carboxylic acids is 2. The zero-order chi connectivity index (χ0) is 18.3. The molecule has 26 heavy (non-hydrogen) atoms. The Labute approximate surface area is 161 Å². The predicted octanol–water partition coefficient (Wildman–Crippen LogP) is 5.29. The summed E-state index contributed by atoms with van der Waals surface area (Å²) in [5.74, 6) is 0.0766. The molecule has 1 aliphatic carbocycles. The van der Waals surface area contributed by atoms with E-state index in [0.717, 1.165) is 45.4 Å². The van der Waals surface area contributed by atoms with Crippen molar-refractivity contribution >= 4 is 33.3 Å². The lowest BCUT2D eigenvalue weighted by Gasteiger charge is -2.39. The van der Waals surface area contributed by atoms with E-state index in [9.17, 15) is 9.59 Å². The molecule has 0 saturated carbocycles. The minimum absolute atomic E-state index is 0.0634. The number of hydrogen-bond acceptors (Lipinski definition) is 2. The Morgan fingerprint density at radius 2 is 1.73 bits per heavy atom. The number of hydrogen-bond donors (Lipinski definition) is 0. The number of ketones is 1. The van der Waals surface area contributed by atoms with Gasteiger partial charge >= 0.3 is 0 Å². The lowest BCUT2D eigenvalue weighted by atomic mass is 9.77. The number of nitrogens with zero attached hydrogens (tertiary/aromatic N) is 1. The van der Waals surface area contributed by atoms with Crippen molar-refractivity contribution in [2.75, 3.05) is 4.90 Å². The van der Waals surface area contributed by atoms with Crippen molar-refractivity contribution in [1.29, 1.82) is 0 Å². The molecular formula is C22H20BrNO2. The van der Waals surface area contributed by atoms with Gasteiger partial charge in [-0.3, -0.25) is 14.5 Å². The Balaban J connectivity index is 1.91. The lowest BCUT2D eigenvalue weighted by Crippen LogP contribution is -2.41. The van der Waals surface area contributed by atoms with Gasteiger partial charge < -0.3 is 0 Å². The highest BCUT2D eigenvalue weighted by molar-refractivity contribution is 9.10. The Morgan fingerprint density at radius 1 is 1.00 bits per heavy atom. The second-order valence-electron chi connectivity index (χ2n) is 6.93. The summed E-state index contributed by atoms with van der Waals surface area (Å²) in [5, 5.41) is 0. The number of allylic oxidation sites excluding steroid dienone is 2. The molecule has 0 aromatic heterocycles. The quantitative estimate of drug-likeness (QED) is 0.675. The fraction of sp³-hybridized carbons (Fsp3) is 0.273. The first-order valence-corrected chi connectivity index (χ1v) is 9.76. The molecule has 4 rings (SSSR count). The summed E-state index contributed by atoms with van der Waals surface area (Å²) in [6, 6.07) is 15.8. The van der Waals surface area contributed by atoms with E-state index in [1.54, 1.807) is 4.90 Å². The molecule has 4 heteroatoms. The summed E-state index contributed by atoms with van der Waals surface area (Å²) in [7, 11) is 0. The maximum absolute atomic E-state index is 13.2. The first kappa shape index (κ1) is 17.2. The Morgan fingerprint density at radius 3 is 2.50 bits per heavy atom. The summed E-state index contributed by atoms with van der Waals surface area (Å²) < 4.78 is 0.951. The van der Waals surface area contributed by atoms with Crippen molar-refractivity contribution in [2.24, 2.45) is 0 Å². The highest BCUT2D eigenvalue weighted by Crippen LogP contribution is 2.45. The van der Waals surface area contributed by atoms with E-state index in [1.165, 1.54) is 0 Å². The topological polar surface area (TPSA) is 37.4 Å². The lowest BCUT2D eigenvalue weighted by molar-refractivity contribution is -0.119. The van der Waals surface area contributed by atoms with Crippen molar-refractivity contribution in [3.63, 3.8) is 0 Å². The van der Waals surface area contributed by atoms with Crippen LogP contribution in [0.4, 0.5) is 5.69 Å². The molecule has 0 fully saturated rings. The molecule has 1 unspecified atom stereocenters. The van der Waals surface area contributed by atoms with Gasteiger partial charge in [0.25, 0.3) is 0 Å². The zero-order valence-electron chi connectivity index (χ0n) is 14.7. The van der Waals surface area contributed by atoms with Crippen LogP contribution < -0.4 is 4.90 Å². The van der Waals surface area contributed by atoms with Crippen molar-refractivity contribution < 1.29 is 9.59 Å². The van der Waals surface area contributed by atoms with Gasteiger partial charge in [-0.1, -0.05) is 52.3 Å². The van der Waals surface area contributed by atoms with Gasteiger partial charge in [0.1, 0.15) is 0 Å². The second-order valence-corrected chi connectivity index (χ2v) is 7.79. The fourth-order valence-corrected chi connectivity index (χ4v) is 4.67. The molecule has 2 aromatic rings. The molecule has 0 radical (unpaired) electrons. The van der Waals surface area contributed by atoms with Crippen LogP contribution in [0.2, 0.25) is 0 Å². The Kier molecular flexibility index (Phi) is 4.53. The normalized spacial score (nSPS) is 20.4. The first-order chi connectivity index (χ1) is 12.6. The smallest absolute Gasteiger partial charge is 0.232 e. The molecule has 132 valence electrons. The third kappa shape index (κ3) is 2.82. The van der Waals surface area contributed by atoms with Gasteiger partial charge in [0.2, 0.25) is 5.91 Å². The number of rotatable bonds is 2. The summed E-state index contributed by atoms with van der Waals surface area (Å²) in [6.07, 6.45) is 2.45. The Hall–Kier alpha value is -2.20. The van der Waals surface area contributed by atoms with E-state index in [2.05, 4.69) is 15.9 Å². The molecule has 0 N–H and O–H groups in total. The number of amides is 1. The van der Waals surface area contributed by atoms with Gasteiger partial charge in [-0.25, -0.2) is 0 Å². The van der Waals surface area contributed by atoms with Crippen LogP contribution in [0.1, 0.15) is 42.7 Å². The summed E-state index contributed by atoms with van der Waals surface area (Å²) in [4.78, 5) is 27.9. The molecule has 1 aliphatic heterocycles. The minimum Gasteiger partial charge on any atom is -0.294 e. The standard InChI is InChI=1S/C22H20BrNO2/c1-14-7-2-5-10-18(14)24-19-11-6-12-20(25)22(19)16(13-21(24)26)15-8-3-4-9-17(15)23/h2-5,7-10,16H,6,11-13H2,1H3. The van der Waals surface area contributed by atoms with E-state index in [1.807, 2.05) is 55.5 Å². The number of para-hydroxylation sites is 1. The van der Waals surface area contributed by atoms with Crippen LogP contribution in [0.5, 0.6) is 0 Å². The average Bonchev–Trinajstić information content (AvgIpc) is 2.63. The van der Waals surface area contributed by atoms with Crippen LogP contribution in [-0.4, -0.2) is 11.7 Å². The number of halogens is 1. The molecule has 2 aliphatic rings. The molecular weight excluding hydrogens is 390 g/mol. The van der Waals surface area contributed by atoms with Crippen molar-refractivity contribution in [1.82, 2.24) is 0 Å². The number of Topliss-reactive ketones (excluding diaryl/α,β-unsaturated/α-hetero) is 1. The summed E-state index contributed by atoms with van der Waals surface area (Å²) >= 11 is 3.60. The number of carbonyl (C=O) groups is 2. The van der Waals surface area contributed by atoms with E-state index < -0.39 is 0 Å². The van der Waals surface area contributed by atoms with E-state index in [0.29, 0.717) is 12.8 Å². The maximum Gasteiger partial charge on any atom is 0.232 e. The van der Waals surface area contributed by atoms with Crippen LogP contribution in [0.15, 0.2) is 64.3 Å². The SMILES string of the molecule is Cc1ccccc1N1C(=O)CC(c2ccccc2Br)C2=C1CCCC2=O. The molecule has 2 aromatic carbocycles. The van der Waals surface area contributed by atoms with Crippen molar-refractivity contribution in [3.05, 3.63) is 75.4 Å². The number of benzene rings is 2. The molecule has 1 heterocycles. The van der Waals surface area contributed by atoms with Crippen LogP contribution in [0.25, 0.3) is 0 Å². The maximum atomic E-state index is 13.2. The minimum atomic E-state index is -0.166. The van der Waals surface area contributed by atoms with Gasteiger partial charge in [0.05, 0.1) is 5.69 Å². The second kappa shape index (κ2) is 6.84. The van der Waals surface area contributed by atoms with Gasteiger partial charge in [-0.15, -0.1) is 0 Å². The highest BCUT2D eigenvalue weighted by atomic mass is 79.9. The highest BCUT2D eigenvalue weighted by Gasteiger charge is 2.40. The van der Waals surface area contributed by atoms with Gasteiger partial charge in [-0.2, -0.15) is 0 Å². The molecule has 0 saturated heterocycles. The number of anilines is 1. The zero-order valence-corrected chi connectivity index (χ0v) is 16.3. The summed E-state index contributed by atoms with van der Waals surface area (Å²) in [5.41, 5.74) is 4.68. The number of aryl methyl sites for hydroxylation is 1. The monoisotopic (exact) mass is 409 g/mol. The first-order valence-electron chi connectivity index (χ1n) is 8.97. The van der Waals surface area contributed by atoms with Crippen molar-refractivity contribution in [3.8, 4) is 0 Å². The molecule has 1 amide bonds. The molecule has 3 nitrogen and oxygen atoms in total. The predicted molar refractivity (Wildman–Crippen MR) is 106 cm³/mol. The average molecular weight is 410 g/mol. The van der Waals surface area contributed by atoms with Crippen LogP contribution in [-0.2, 0) is 9.59 Å². The van der Waals surface area contributed by atoms with E-state index in [4.69, 9.17) is 0 Å². The largest absolute Gasteiger partial charge is 0.294 e.